The van der Waals surface area contributed by atoms with Crippen molar-refractivity contribution in [2.24, 2.45) is 0 Å². The van der Waals surface area contributed by atoms with Gasteiger partial charge in [0, 0.05) is 19.3 Å². The van der Waals surface area contributed by atoms with E-state index in [0.29, 0.717) is 18.8 Å². The Hall–Kier alpha value is -2.93. The number of hydrogen-bond donors (Lipinski definition) is 1. The second kappa shape index (κ2) is 6.90. The van der Waals surface area contributed by atoms with Gasteiger partial charge in [-0.3, -0.25) is 14.6 Å². The van der Waals surface area contributed by atoms with Gasteiger partial charge in [-0.1, -0.05) is 6.07 Å². The Morgan fingerprint density at radius 1 is 1.32 bits per heavy atom. The summed E-state index contributed by atoms with van der Waals surface area (Å²) in [5, 5.41) is 10.4. The van der Waals surface area contributed by atoms with Gasteiger partial charge in [-0.05, 0) is 38.4 Å². The van der Waals surface area contributed by atoms with Gasteiger partial charge in [0.15, 0.2) is 11.5 Å². The third-order valence-corrected chi connectivity index (χ3v) is 4.05. The molecule has 0 bridgehead atoms. The number of carbonyl (C=O) groups excluding carboxylic acids is 2. The number of likely N-dealkylation sites (N-methyl/N-ethyl adjacent to an activating group) is 1. The molecule has 1 aliphatic rings. The molecule has 3 heterocycles. The van der Waals surface area contributed by atoms with Gasteiger partial charge >= 0.3 is 0 Å². The van der Waals surface area contributed by atoms with Crippen LogP contribution in [0, 0.1) is 0 Å². The molecule has 0 unspecified atom stereocenters. The molecule has 0 spiro atoms. The molecule has 0 saturated carbocycles. The van der Waals surface area contributed by atoms with Crippen LogP contribution in [-0.4, -0.2) is 58.8 Å². The first-order valence-corrected chi connectivity index (χ1v) is 7.88. The van der Waals surface area contributed by atoms with Crippen molar-refractivity contribution < 1.29 is 19.1 Å². The lowest BCUT2D eigenvalue weighted by Crippen LogP contribution is -2.36. The number of furan rings is 1. The highest BCUT2D eigenvalue weighted by Crippen LogP contribution is 2.37. The molecule has 0 saturated heterocycles. The number of aromatic nitrogens is 1. The maximum absolute atomic E-state index is 12.8. The number of aliphatic hydroxyl groups excluding tert-OH is 1. The summed E-state index contributed by atoms with van der Waals surface area (Å²) in [4.78, 5) is 33.1. The van der Waals surface area contributed by atoms with E-state index >= 15 is 0 Å². The van der Waals surface area contributed by atoms with E-state index in [1.54, 1.807) is 30.5 Å². The molecule has 1 aliphatic heterocycles. The fourth-order valence-corrected chi connectivity index (χ4v) is 2.81. The van der Waals surface area contributed by atoms with Crippen LogP contribution in [-0.2, 0) is 4.79 Å². The molecule has 0 radical (unpaired) electrons. The van der Waals surface area contributed by atoms with Crippen LogP contribution >= 0.6 is 0 Å². The highest BCUT2D eigenvalue weighted by Gasteiger charge is 2.44. The van der Waals surface area contributed by atoms with E-state index in [4.69, 9.17) is 4.42 Å². The minimum absolute atomic E-state index is 0.00240. The summed E-state index contributed by atoms with van der Waals surface area (Å²) in [5.41, 5.74) is 0.519. The van der Waals surface area contributed by atoms with Crippen LogP contribution in [0.4, 0.5) is 0 Å². The number of rotatable bonds is 6. The van der Waals surface area contributed by atoms with E-state index in [1.807, 2.05) is 19.0 Å². The molecule has 0 aromatic carbocycles. The van der Waals surface area contributed by atoms with Crippen molar-refractivity contribution in [3.8, 4) is 0 Å². The van der Waals surface area contributed by atoms with Crippen LogP contribution in [0.3, 0.4) is 0 Å². The van der Waals surface area contributed by atoms with Crippen molar-refractivity contribution >= 4 is 11.7 Å². The van der Waals surface area contributed by atoms with Crippen LogP contribution in [0.1, 0.15) is 22.3 Å². The zero-order chi connectivity index (χ0) is 18.0. The molecule has 3 rings (SSSR count). The van der Waals surface area contributed by atoms with Crippen molar-refractivity contribution in [3.05, 3.63) is 65.6 Å². The lowest BCUT2D eigenvalue weighted by molar-refractivity contribution is -0.129. The molecule has 1 atom stereocenters. The minimum atomic E-state index is -0.744. The van der Waals surface area contributed by atoms with E-state index in [9.17, 15) is 14.7 Å². The number of pyridine rings is 1. The van der Waals surface area contributed by atoms with Gasteiger partial charge in [-0.15, -0.1) is 0 Å². The maximum Gasteiger partial charge on any atom is 0.290 e. The van der Waals surface area contributed by atoms with Crippen LogP contribution in [0.2, 0.25) is 0 Å². The first-order valence-electron chi connectivity index (χ1n) is 7.88. The summed E-state index contributed by atoms with van der Waals surface area (Å²) in [6.07, 6.45) is 2.97. The molecular formula is C18H19N3O4. The van der Waals surface area contributed by atoms with Gasteiger partial charge in [0.05, 0.1) is 17.5 Å². The standard InChI is InChI=1S/C18H19N3O4/c1-20(2)9-10-21-15(12-6-3-4-8-19-12)14(17(23)18(21)24)16(22)13-7-5-11-25-13/h3-8,11,15,23H,9-10H2,1-2H3/t15-/m1/s1. The number of aliphatic hydroxyl groups is 1. The monoisotopic (exact) mass is 341 g/mol. The fraction of sp³-hybridized carbons (Fsp3) is 0.278. The summed E-state index contributed by atoms with van der Waals surface area (Å²) in [6.45, 7) is 0.941. The Balaban J connectivity index is 2.04. The highest BCUT2D eigenvalue weighted by atomic mass is 16.3. The van der Waals surface area contributed by atoms with Crippen molar-refractivity contribution in [1.29, 1.82) is 0 Å². The molecule has 0 fully saturated rings. The Bertz CT molecular complexity index is 797. The van der Waals surface area contributed by atoms with E-state index < -0.39 is 23.5 Å². The molecular weight excluding hydrogens is 322 g/mol. The molecule has 7 nitrogen and oxygen atoms in total. The van der Waals surface area contributed by atoms with E-state index in [2.05, 4.69) is 4.98 Å². The molecule has 1 amide bonds. The average molecular weight is 341 g/mol. The predicted molar refractivity (Wildman–Crippen MR) is 89.9 cm³/mol. The Morgan fingerprint density at radius 3 is 2.72 bits per heavy atom. The fourth-order valence-electron chi connectivity index (χ4n) is 2.81. The number of amides is 1. The molecule has 7 heteroatoms. The van der Waals surface area contributed by atoms with Crippen LogP contribution in [0.15, 0.2) is 58.5 Å². The Labute approximate surface area is 145 Å². The molecule has 2 aromatic rings. The molecule has 130 valence electrons. The van der Waals surface area contributed by atoms with Crippen molar-refractivity contribution in [3.63, 3.8) is 0 Å². The van der Waals surface area contributed by atoms with E-state index in [1.165, 1.54) is 17.2 Å². The Kier molecular flexibility index (Phi) is 4.67. The lowest BCUT2D eigenvalue weighted by atomic mass is 9.98. The zero-order valence-electron chi connectivity index (χ0n) is 14.0. The minimum Gasteiger partial charge on any atom is -0.503 e. The summed E-state index contributed by atoms with van der Waals surface area (Å²) >= 11 is 0. The van der Waals surface area contributed by atoms with Crippen molar-refractivity contribution in [1.82, 2.24) is 14.8 Å². The number of nitrogens with zero attached hydrogens (tertiary/aromatic N) is 3. The van der Waals surface area contributed by atoms with Crippen molar-refractivity contribution in [2.75, 3.05) is 27.2 Å². The summed E-state index contributed by atoms with van der Waals surface area (Å²) in [6, 6.07) is 7.61. The van der Waals surface area contributed by atoms with Gasteiger partial charge in [0.25, 0.3) is 5.91 Å². The first kappa shape index (κ1) is 16.9. The lowest BCUT2D eigenvalue weighted by Gasteiger charge is -2.27. The molecule has 1 N–H and O–H groups in total. The molecule has 2 aromatic heterocycles. The topological polar surface area (TPSA) is 86.9 Å². The van der Waals surface area contributed by atoms with Gasteiger partial charge in [-0.25, -0.2) is 0 Å². The largest absolute Gasteiger partial charge is 0.503 e. The van der Waals surface area contributed by atoms with Gasteiger partial charge < -0.3 is 19.3 Å². The van der Waals surface area contributed by atoms with Gasteiger partial charge in [0.1, 0.15) is 6.04 Å². The number of ketones is 1. The quantitative estimate of drug-likeness (QED) is 0.807. The molecule has 25 heavy (non-hydrogen) atoms. The maximum atomic E-state index is 12.8. The third kappa shape index (κ3) is 3.18. The average Bonchev–Trinajstić information content (AvgIpc) is 3.22. The summed E-state index contributed by atoms with van der Waals surface area (Å²) in [5.74, 6) is -1.56. The van der Waals surface area contributed by atoms with E-state index in [-0.39, 0.29) is 11.3 Å². The number of Topliss-reactive ketones (excluding diaryl/α,β-unsaturated/α-hetero) is 1. The van der Waals surface area contributed by atoms with Crippen LogP contribution in [0.5, 0.6) is 0 Å². The predicted octanol–water partition coefficient (Wildman–Crippen LogP) is 1.81. The summed E-state index contributed by atoms with van der Waals surface area (Å²) < 4.78 is 5.16. The normalized spacial score (nSPS) is 17.6. The van der Waals surface area contributed by atoms with Gasteiger partial charge in [0.2, 0.25) is 5.78 Å². The Morgan fingerprint density at radius 2 is 2.12 bits per heavy atom. The SMILES string of the molecule is CN(C)CCN1C(=O)C(O)=C(C(=O)c2ccco2)[C@H]1c1ccccn1. The van der Waals surface area contributed by atoms with Crippen molar-refractivity contribution in [2.45, 2.75) is 6.04 Å². The highest BCUT2D eigenvalue weighted by molar-refractivity contribution is 6.14. The number of carbonyl (C=O) groups is 2. The zero-order valence-corrected chi connectivity index (χ0v) is 14.0. The third-order valence-electron chi connectivity index (χ3n) is 4.05. The summed E-state index contributed by atoms with van der Waals surface area (Å²) in [7, 11) is 3.77. The first-order chi connectivity index (χ1) is 12.0. The molecule has 0 aliphatic carbocycles. The number of hydrogen-bond acceptors (Lipinski definition) is 6. The van der Waals surface area contributed by atoms with Crippen LogP contribution in [0.25, 0.3) is 0 Å². The van der Waals surface area contributed by atoms with E-state index in [0.717, 1.165) is 0 Å². The second-order valence-corrected chi connectivity index (χ2v) is 6.03. The smallest absolute Gasteiger partial charge is 0.290 e. The second-order valence-electron chi connectivity index (χ2n) is 6.03. The van der Waals surface area contributed by atoms with Gasteiger partial charge in [-0.2, -0.15) is 0 Å². The van der Waals surface area contributed by atoms with Crippen LogP contribution < -0.4 is 0 Å².